The van der Waals surface area contributed by atoms with Gasteiger partial charge in [0.25, 0.3) is 0 Å². The second kappa shape index (κ2) is 2.75. The van der Waals surface area contributed by atoms with Gasteiger partial charge in [0, 0.05) is 5.39 Å². The molecule has 0 spiro atoms. The van der Waals surface area contributed by atoms with Crippen LogP contribution >= 0.6 is 0 Å². The number of fused-ring (bicyclic) bond motifs is 3. The van der Waals surface area contributed by atoms with E-state index >= 15 is 0 Å². The molecule has 3 aromatic rings. The van der Waals surface area contributed by atoms with Crippen LogP contribution in [0.15, 0.2) is 29.1 Å². The summed E-state index contributed by atoms with van der Waals surface area (Å²) in [5, 5.41) is 0.799. The summed E-state index contributed by atoms with van der Waals surface area (Å²) in [5.74, 6) is 5.94. The molecule has 6 nitrogen and oxygen atoms in total. The van der Waals surface area contributed by atoms with E-state index in [-0.39, 0.29) is 5.82 Å². The molecule has 0 bridgehead atoms. The van der Waals surface area contributed by atoms with Gasteiger partial charge in [-0.1, -0.05) is 18.2 Å². The summed E-state index contributed by atoms with van der Waals surface area (Å²) in [6.45, 7) is 0. The van der Waals surface area contributed by atoms with Gasteiger partial charge in [0.1, 0.15) is 16.9 Å². The summed E-state index contributed by atoms with van der Waals surface area (Å²) in [5.41, 5.74) is 7.12. The lowest BCUT2D eigenvalue weighted by Crippen LogP contribution is -2.23. The third-order valence-electron chi connectivity index (χ3n) is 2.58. The molecule has 0 atom stereocenters. The van der Waals surface area contributed by atoms with Crippen molar-refractivity contribution >= 4 is 27.8 Å². The number of benzene rings is 1. The van der Waals surface area contributed by atoms with E-state index in [1.54, 1.807) is 0 Å². The standard InChI is InChI=1S/C10H9N5O/c11-9-7-8(15(12)10(16)14-7)5-3-1-2-4-6(5)13-9/h1-4H,12H2,(H2,11,13)(H,14,16). The van der Waals surface area contributed by atoms with Crippen molar-refractivity contribution in [3.63, 3.8) is 0 Å². The molecule has 0 aliphatic heterocycles. The van der Waals surface area contributed by atoms with E-state index in [2.05, 4.69) is 9.97 Å². The lowest BCUT2D eigenvalue weighted by atomic mass is 10.2. The van der Waals surface area contributed by atoms with Gasteiger partial charge in [-0.05, 0) is 6.07 Å². The van der Waals surface area contributed by atoms with Gasteiger partial charge in [0.05, 0.1) is 5.52 Å². The molecule has 0 radical (unpaired) electrons. The maximum atomic E-state index is 11.4. The van der Waals surface area contributed by atoms with Crippen molar-refractivity contribution in [3.8, 4) is 0 Å². The first-order valence-corrected chi connectivity index (χ1v) is 4.72. The average molecular weight is 215 g/mol. The SMILES string of the molecule is Nc1nc2ccccc2c2c1[nH]c(=O)n2N. The van der Waals surface area contributed by atoms with Crippen LogP contribution in [0.3, 0.4) is 0 Å². The number of hydrogen-bond donors (Lipinski definition) is 3. The van der Waals surface area contributed by atoms with Crippen LogP contribution < -0.4 is 17.3 Å². The van der Waals surface area contributed by atoms with Gasteiger partial charge in [0.15, 0.2) is 0 Å². The summed E-state index contributed by atoms with van der Waals surface area (Å²) >= 11 is 0. The van der Waals surface area contributed by atoms with E-state index in [4.69, 9.17) is 11.6 Å². The van der Waals surface area contributed by atoms with E-state index in [9.17, 15) is 4.79 Å². The number of anilines is 1. The van der Waals surface area contributed by atoms with Gasteiger partial charge < -0.3 is 16.6 Å². The van der Waals surface area contributed by atoms with Crippen LogP contribution in [0.25, 0.3) is 21.9 Å². The van der Waals surface area contributed by atoms with Crippen LogP contribution in [-0.4, -0.2) is 14.6 Å². The number of hydrogen-bond acceptors (Lipinski definition) is 4. The van der Waals surface area contributed by atoms with Crippen molar-refractivity contribution < 1.29 is 0 Å². The molecule has 5 N–H and O–H groups in total. The molecule has 0 aliphatic rings. The summed E-state index contributed by atoms with van der Waals surface area (Å²) in [6, 6.07) is 7.38. The monoisotopic (exact) mass is 215 g/mol. The van der Waals surface area contributed by atoms with Crippen LogP contribution in [0.1, 0.15) is 0 Å². The minimum atomic E-state index is -0.403. The lowest BCUT2D eigenvalue weighted by Gasteiger charge is -2.02. The van der Waals surface area contributed by atoms with Crippen molar-refractivity contribution in [2.45, 2.75) is 0 Å². The zero-order valence-corrected chi connectivity index (χ0v) is 8.27. The highest BCUT2D eigenvalue weighted by Crippen LogP contribution is 2.24. The second-order valence-corrected chi connectivity index (χ2v) is 3.54. The Balaban J connectivity index is 2.72. The Labute approximate surface area is 89.5 Å². The van der Waals surface area contributed by atoms with Gasteiger partial charge >= 0.3 is 5.69 Å². The topological polar surface area (TPSA) is 103 Å². The Kier molecular flexibility index (Phi) is 1.51. The quantitative estimate of drug-likeness (QED) is 0.465. The van der Waals surface area contributed by atoms with E-state index in [1.807, 2.05) is 24.3 Å². The number of imidazole rings is 1. The maximum absolute atomic E-state index is 11.4. The van der Waals surface area contributed by atoms with E-state index in [0.717, 1.165) is 10.1 Å². The van der Waals surface area contributed by atoms with Gasteiger partial charge in [-0.3, -0.25) is 0 Å². The maximum Gasteiger partial charge on any atom is 0.345 e. The zero-order chi connectivity index (χ0) is 11.3. The minimum absolute atomic E-state index is 0.273. The van der Waals surface area contributed by atoms with Crippen LogP contribution in [0.2, 0.25) is 0 Å². The first-order chi connectivity index (χ1) is 7.68. The van der Waals surface area contributed by atoms with Crippen LogP contribution in [0.4, 0.5) is 5.82 Å². The number of rotatable bonds is 0. The Morgan fingerprint density at radius 3 is 2.88 bits per heavy atom. The predicted molar refractivity (Wildman–Crippen MR) is 62.4 cm³/mol. The molecule has 16 heavy (non-hydrogen) atoms. The summed E-state index contributed by atoms with van der Waals surface area (Å²) in [7, 11) is 0. The molecule has 2 heterocycles. The normalized spacial score (nSPS) is 11.2. The third-order valence-corrected chi connectivity index (χ3v) is 2.58. The fraction of sp³-hybridized carbons (Fsp3) is 0. The van der Waals surface area contributed by atoms with Crippen molar-refractivity contribution in [3.05, 3.63) is 34.7 Å². The van der Waals surface area contributed by atoms with Crippen LogP contribution in [0.5, 0.6) is 0 Å². The fourth-order valence-corrected chi connectivity index (χ4v) is 1.86. The molecular weight excluding hydrogens is 206 g/mol. The molecule has 0 aliphatic carbocycles. The van der Waals surface area contributed by atoms with Crippen molar-refractivity contribution in [1.82, 2.24) is 14.6 Å². The van der Waals surface area contributed by atoms with Crippen molar-refractivity contribution in [2.75, 3.05) is 11.6 Å². The van der Waals surface area contributed by atoms with Gasteiger partial charge in [-0.15, -0.1) is 0 Å². The number of nitrogen functional groups attached to an aromatic ring is 2. The highest BCUT2D eigenvalue weighted by atomic mass is 16.1. The molecule has 0 amide bonds. The molecular formula is C10H9N5O. The number of H-pyrrole nitrogens is 1. The Morgan fingerprint density at radius 2 is 2.06 bits per heavy atom. The largest absolute Gasteiger partial charge is 0.382 e. The highest BCUT2D eigenvalue weighted by molar-refractivity contribution is 6.06. The molecule has 0 saturated carbocycles. The predicted octanol–water partition coefficient (Wildman–Crippen LogP) is 0.174. The minimum Gasteiger partial charge on any atom is -0.382 e. The number of nitrogens with two attached hydrogens (primary N) is 2. The summed E-state index contributed by atoms with van der Waals surface area (Å²) in [6.07, 6.45) is 0. The molecule has 0 unspecified atom stereocenters. The molecule has 6 heteroatoms. The summed E-state index contributed by atoms with van der Waals surface area (Å²) in [4.78, 5) is 18.2. The first-order valence-electron chi connectivity index (χ1n) is 4.72. The molecule has 1 aromatic carbocycles. The second-order valence-electron chi connectivity index (χ2n) is 3.54. The number of pyridine rings is 1. The van der Waals surface area contributed by atoms with Crippen LogP contribution in [0, 0.1) is 0 Å². The van der Waals surface area contributed by atoms with E-state index in [1.165, 1.54) is 0 Å². The number of aromatic amines is 1. The Bertz CT molecular complexity index is 755. The lowest BCUT2D eigenvalue weighted by molar-refractivity contribution is 0.970. The molecule has 80 valence electrons. The van der Waals surface area contributed by atoms with E-state index < -0.39 is 5.69 Å². The highest BCUT2D eigenvalue weighted by Gasteiger charge is 2.12. The zero-order valence-electron chi connectivity index (χ0n) is 8.27. The smallest absolute Gasteiger partial charge is 0.345 e. The fourth-order valence-electron chi connectivity index (χ4n) is 1.86. The van der Waals surface area contributed by atoms with Gasteiger partial charge in [0.2, 0.25) is 0 Å². The number of nitrogens with one attached hydrogen (secondary N) is 1. The number of nitrogens with zero attached hydrogens (tertiary/aromatic N) is 2. The van der Waals surface area contributed by atoms with Crippen molar-refractivity contribution in [1.29, 1.82) is 0 Å². The van der Waals surface area contributed by atoms with Gasteiger partial charge in [-0.25, -0.2) is 14.5 Å². The van der Waals surface area contributed by atoms with E-state index in [0.29, 0.717) is 16.6 Å². The molecule has 0 saturated heterocycles. The van der Waals surface area contributed by atoms with Crippen molar-refractivity contribution in [2.24, 2.45) is 0 Å². The molecule has 0 fully saturated rings. The van der Waals surface area contributed by atoms with Gasteiger partial charge in [-0.2, -0.15) is 0 Å². The Hall–Kier alpha value is -2.50. The third kappa shape index (κ3) is 0.952. The average Bonchev–Trinajstić information content (AvgIpc) is 2.57. The number of para-hydroxylation sites is 1. The molecule has 2 aromatic heterocycles. The first kappa shape index (κ1) is 8.78. The molecule has 3 rings (SSSR count). The Morgan fingerprint density at radius 1 is 1.31 bits per heavy atom. The number of aromatic nitrogens is 3. The van der Waals surface area contributed by atoms with Crippen LogP contribution in [-0.2, 0) is 0 Å². The summed E-state index contributed by atoms with van der Waals surface area (Å²) < 4.78 is 1.05.